The second-order valence-electron chi connectivity index (χ2n) is 7.63. The number of primary amides is 1. The minimum absolute atomic E-state index is 0.0329. The standard InChI is InChI=1S/C19H22Cl2N6O/c20-12-5-1-4-11(14(12)21)13-15(17(24)28)25-18(26-16(13)23)27-7-10-3-2-6-19(10,8-22)9-27/h1,4-5,10H,2-3,6-9,22H2,(H2,24,28)(H2,23,25,26)/t10-,19-/m0/s1. The van der Waals surface area contributed by atoms with Crippen LogP contribution in [-0.4, -0.2) is 35.5 Å². The Kier molecular flexibility index (Phi) is 4.85. The Morgan fingerprint density at radius 3 is 2.79 bits per heavy atom. The van der Waals surface area contributed by atoms with Crippen molar-refractivity contribution in [3.05, 3.63) is 33.9 Å². The average molecular weight is 421 g/mol. The first-order chi connectivity index (χ1) is 13.4. The molecule has 2 fully saturated rings. The SMILES string of the molecule is NC[C@]12CCC[C@H]1CN(c1nc(N)c(-c3cccc(Cl)c3Cl)c(C(N)=O)n1)C2. The van der Waals surface area contributed by atoms with Gasteiger partial charge in [0.25, 0.3) is 5.91 Å². The van der Waals surface area contributed by atoms with E-state index in [4.69, 9.17) is 40.4 Å². The lowest BCUT2D eigenvalue weighted by molar-refractivity contribution is 0.0996. The van der Waals surface area contributed by atoms with E-state index in [1.807, 2.05) is 0 Å². The third-order valence-electron chi connectivity index (χ3n) is 6.11. The zero-order valence-electron chi connectivity index (χ0n) is 15.3. The van der Waals surface area contributed by atoms with Crippen LogP contribution in [0.2, 0.25) is 10.0 Å². The lowest BCUT2D eigenvalue weighted by atomic mass is 9.81. The van der Waals surface area contributed by atoms with E-state index in [9.17, 15) is 4.79 Å². The van der Waals surface area contributed by atoms with E-state index >= 15 is 0 Å². The smallest absolute Gasteiger partial charge is 0.268 e. The zero-order valence-corrected chi connectivity index (χ0v) is 16.8. The third-order valence-corrected chi connectivity index (χ3v) is 6.93. The number of anilines is 2. The lowest BCUT2D eigenvalue weighted by Crippen LogP contribution is -2.35. The van der Waals surface area contributed by atoms with Crippen molar-refractivity contribution < 1.29 is 4.79 Å². The fraction of sp³-hybridized carbons (Fsp3) is 0.421. The summed E-state index contributed by atoms with van der Waals surface area (Å²) in [5, 5.41) is 0.614. The Balaban J connectivity index is 1.79. The van der Waals surface area contributed by atoms with Gasteiger partial charge >= 0.3 is 0 Å². The van der Waals surface area contributed by atoms with Gasteiger partial charge in [0.05, 0.1) is 15.6 Å². The van der Waals surface area contributed by atoms with Gasteiger partial charge in [-0.15, -0.1) is 0 Å². The molecule has 2 atom stereocenters. The summed E-state index contributed by atoms with van der Waals surface area (Å²) < 4.78 is 0. The molecule has 2 heterocycles. The normalized spacial score (nSPS) is 23.8. The molecule has 2 aliphatic rings. The van der Waals surface area contributed by atoms with Crippen LogP contribution in [0, 0.1) is 11.3 Å². The summed E-state index contributed by atoms with van der Waals surface area (Å²) in [6.45, 7) is 2.18. The first-order valence-electron chi connectivity index (χ1n) is 9.23. The van der Waals surface area contributed by atoms with Crippen molar-refractivity contribution >= 4 is 40.9 Å². The van der Waals surface area contributed by atoms with Crippen molar-refractivity contribution in [1.29, 1.82) is 0 Å². The van der Waals surface area contributed by atoms with E-state index < -0.39 is 5.91 Å². The molecule has 6 N–H and O–H groups in total. The van der Waals surface area contributed by atoms with Crippen molar-refractivity contribution in [3.8, 4) is 11.1 Å². The van der Waals surface area contributed by atoms with Gasteiger partial charge in [0.1, 0.15) is 11.5 Å². The summed E-state index contributed by atoms with van der Waals surface area (Å²) in [6, 6.07) is 5.07. The number of amides is 1. The Hall–Kier alpha value is -2.09. The van der Waals surface area contributed by atoms with Crippen LogP contribution in [0.15, 0.2) is 18.2 Å². The first kappa shape index (κ1) is 19.2. The van der Waals surface area contributed by atoms with E-state index in [1.165, 1.54) is 6.42 Å². The number of carbonyl (C=O) groups is 1. The minimum atomic E-state index is -0.700. The number of hydrogen-bond donors (Lipinski definition) is 3. The minimum Gasteiger partial charge on any atom is -0.383 e. The maximum absolute atomic E-state index is 12.2. The molecule has 1 aromatic carbocycles. The van der Waals surface area contributed by atoms with Crippen molar-refractivity contribution in [3.63, 3.8) is 0 Å². The number of benzene rings is 1. The molecule has 1 aliphatic carbocycles. The van der Waals surface area contributed by atoms with Gasteiger partial charge in [-0.1, -0.05) is 41.8 Å². The zero-order chi connectivity index (χ0) is 20.1. The highest BCUT2D eigenvalue weighted by Gasteiger charge is 2.49. The molecule has 4 rings (SSSR count). The Labute approximate surface area is 173 Å². The fourth-order valence-corrected chi connectivity index (χ4v) is 5.04. The van der Waals surface area contributed by atoms with Gasteiger partial charge in [-0.25, -0.2) is 4.98 Å². The van der Waals surface area contributed by atoms with Crippen LogP contribution in [-0.2, 0) is 0 Å². The van der Waals surface area contributed by atoms with Gasteiger partial charge < -0.3 is 22.1 Å². The molecular formula is C19H22Cl2N6O. The number of rotatable bonds is 4. The van der Waals surface area contributed by atoms with Crippen LogP contribution >= 0.6 is 23.2 Å². The highest BCUT2D eigenvalue weighted by Crippen LogP contribution is 2.49. The molecule has 7 nitrogen and oxygen atoms in total. The molecule has 1 aliphatic heterocycles. The second kappa shape index (κ2) is 7.06. The predicted molar refractivity (Wildman–Crippen MR) is 111 cm³/mol. The fourth-order valence-electron chi connectivity index (χ4n) is 4.65. The molecule has 148 valence electrons. The molecule has 1 amide bonds. The maximum atomic E-state index is 12.2. The predicted octanol–water partition coefficient (Wildman–Crippen LogP) is 2.70. The van der Waals surface area contributed by atoms with Crippen molar-refractivity contribution in [2.45, 2.75) is 19.3 Å². The topological polar surface area (TPSA) is 124 Å². The number of nitrogen functional groups attached to an aromatic ring is 1. The molecule has 0 spiro atoms. The summed E-state index contributed by atoms with van der Waals surface area (Å²) >= 11 is 12.4. The molecule has 9 heteroatoms. The van der Waals surface area contributed by atoms with Crippen molar-refractivity contribution in [1.82, 2.24) is 9.97 Å². The molecular weight excluding hydrogens is 399 g/mol. The third kappa shape index (κ3) is 2.98. The van der Waals surface area contributed by atoms with E-state index in [1.54, 1.807) is 18.2 Å². The number of carbonyl (C=O) groups excluding carboxylic acids is 1. The number of fused-ring (bicyclic) bond motifs is 1. The summed E-state index contributed by atoms with van der Waals surface area (Å²) in [7, 11) is 0. The van der Waals surface area contributed by atoms with Gasteiger partial charge in [0.2, 0.25) is 5.95 Å². The Bertz CT molecular complexity index is 952. The van der Waals surface area contributed by atoms with Crippen molar-refractivity contribution in [2.24, 2.45) is 22.8 Å². The monoisotopic (exact) mass is 420 g/mol. The number of aromatic nitrogens is 2. The number of halogens is 2. The van der Waals surface area contributed by atoms with Gasteiger partial charge in [0, 0.05) is 24.1 Å². The average Bonchev–Trinajstić information content (AvgIpc) is 3.21. The summed E-state index contributed by atoms with van der Waals surface area (Å²) in [4.78, 5) is 23.2. The van der Waals surface area contributed by atoms with Crippen molar-refractivity contribution in [2.75, 3.05) is 30.3 Å². The van der Waals surface area contributed by atoms with Crippen LogP contribution < -0.4 is 22.1 Å². The molecule has 28 heavy (non-hydrogen) atoms. The van der Waals surface area contributed by atoms with E-state index in [0.717, 1.165) is 25.9 Å². The lowest BCUT2D eigenvalue weighted by Gasteiger charge is -2.26. The van der Waals surface area contributed by atoms with Gasteiger partial charge in [-0.05, 0) is 31.4 Å². The number of hydrogen-bond acceptors (Lipinski definition) is 6. The van der Waals surface area contributed by atoms with E-state index in [2.05, 4.69) is 14.9 Å². The molecule has 0 radical (unpaired) electrons. The summed E-state index contributed by atoms with van der Waals surface area (Å²) in [5.74, 6) is 0.341. The van der Waals surface area contributed by atoms with Crippen LogP contribution in [0.3, 0.4) is 0 Å². The molecule has 1 saturated heterocycles. The van der Waals surface area contributed by atoms with Gasteiger partial charge in [-0.2, -0.15) is 4.98 Å². The second-order valence-corrected chi connectivity index (χ2v) is 8.42. The molecule has 0 unspecified atom stereocenters. The summed E-state index contributed by atoms with van der Waals surface area (Å²) in [5.41, 5.74) is 18.9. The highest BCUT2D eigenvalue weighted by molar-refractivity contribution is 6.44. The maximum Gasteiger partial charge on any atom is 0.268 e. The summed E-state index contributed by atoms with van der Waals surface area (Å²) in [6.07, 6.45) is 3.43. The molecule has 1 aromatic heterocycles. The Morgan fingerprint density at radius 1 is 1.32 bits per heavy atom. The van der Waals surface area contributed by atoms with Crippen LogP contribution in [0.1, 0.15) is 29.8 Å². The largest absolute Gasteiger partial charge is 0.383 e. The number of nitrogens with two attached hydrogens (primary N) is 3. The van der Waals surface area contributed by atoms with Gasteiger partial charge in [0.15, 0.2) is 0 Å². The Morgan fingerprint density at radius 2 is 2.11 bits per heavy atom. The molecule has 0 bridgehead atoms. The van der Waals surface area contributed by atoms with Gasteiger partial charge in [-0.3, -0.25) is 4.79 Å². The molecule has 1 saturated carbocycles. The van der Waals surface area contributed by atoms with E-state index in [-0.39, 0.29) is 21.9 Å². The van der Waals surface area contributed by atoms with Crippen LogP contribution in [0.5, 0.6) is 0 Å². The number of nitrogens with zero attached hydrogens (tertiary/aromatic N) is 3. The van der Waals surface area contributed by atoms with Crippen LogP contribution in [0.4, 0.5) is 11.8 Å². The highest BCUT2D eigenvalue weighted by atomic mass is 35.5. The van der Waals surface area contributed by atoms with Crippen LogP contribution in [0.25, 0.3) is 11.1 Å². The quantitative estimate of drug-likeness (QED) is 0.697. The molecule has 2 aromatic rings. The van der Waals surface area contributed by atoms with E-state index in [0.29, 0.717) is 34.6 Å². The first-order valence-corrected chi connectivity index (χ1v) is 9.98.